The van der Waals surface area contributed by atoms with Crippen LogP contribution in [0.15, 0.2) is 0 Å². The highest BCUT2D eigenvalue weighted by Gasteiger charge is 2.22. The van der Waals surface area contributed by atoms with Crippen molar-refractivity contribution in [2.45, 2.75) is 45.6 Å². The van der Waals surface area contributed by atoms with Gasteiger partial charge < -0.3 is 15.0 Å². The first-order chi connectivity index (χ1) is 8.63. The zero-order valence-electron chi connectivity index (χ0n) is 12.1. The highest BCUT2D eigenvalue weighted by atomic mass is 16.5. The molecule has 18 heavy (non-hydrogen) atoms. The average molecular weight is 256 g/mol. The van der Waals surface area contributed by atoms with E-state index in [0.717, 1.165) is 39.1 Å². The maximum Gasteiger partial charge on any atom is 0.222 e. The minimum absolute atomic E-state index is 0.307. The van der Waals surface area contributed by atoms with E-state index < -0.39 is 0 Å². The van der Waals surface area contributed by atoms with Gasteiger partial charge in [-0.2, -0.15) is 0 Å². The first kappa shape index (κ1) is 15.4. The molecular weight excluding hydrogens is 228 g/mol. The number of carbonyl (C=O) groups is 1. The molecule has 0 saturated carbocycles. The quantitative estimate of drug-likeness (QED) is 0.704. The molecule has 0 spiro atoms. The lowest BCUT2D eigenvalue weighted by Crippen LogP contribution is -2.41. The van der Waals surface area contributed by atoms with E-state index in [1.807, 2.05) is 4.90 Å². The molecular formula is C14H28N2O2. The summed E-state index contributed by atoms with van der Waals surface area (Å²) in [6.07, 6.45) is 3.90. The number of methoxy groups -OCH3 is 1. The summed E-state index contributed by atoms with van der Waals surface area (Å²) in [5.41, 5.74) is 0. The van der Waals surface area contributed by atoms with Crippen LogP contribution in [0.3, 0.4) is 0 Å². The summed E-state index contributed by atoms with van der Waals surface area (Å²) in [7, 11) is 1.73. The van der Waals surface area contributed by atoms with Crippen LogP contribution < -0.4 is 5.32 Å². The number of amides is 1. The fourth-order valence-electron chi connectivity index (χ4n) is 2.45. The van der Waals surface area contributed by atoms with Gasteiger partial charge in [-0.3, -0.25) is 4.79 Å². The Labute approximate surface area is 111 Å². The van der Waals surface area contributed by atoms with E-state index in [1.54, 1.807) is 7.11 Å². The fourth-order valence-corrected chi connectivity index (χ4v) is 2.45. The van der Waals surface area contributed by atoms with Gasteiger partial charge in [-0.15, -0.1) is 0 Å². The monoisotopic (exact) mass is 256 g/mol. The third-order valence-electron chi connectivity index (χ3n) is 3.39. The van der Waals surface area contributed by atoms with Crippen molar-refractivity contribution in [3.63, 3.8) is 0 Å². The van der Waals surface area contributed by atoms with E-state index in [1.165, 1.54) is 6.42 Å². The van der Waals surface area contributed by atoms with Gasteiger partial charge in [-0.05, 0) is 31.7 Å². The Morgan fingerprint density at radius 3 is 2.94 bits per heavy atom. The number of carbonyl (C=O) groups excluding carboxylic acids is 1. The molecule has 1 aliphatic heterocycles. The lowest BCUT2D eigenvalue weighted by molar-refractivity contribution is -0.133. The van der Waals surface area contributed by atoms with E-state index in [0.29, 0.717) is 24.3 Å². The number of piperidine rings is 1. The van der Waals surface area contributed by atoms with Gasteiger partial charge in [0.1, 0.15) is 0 Å². The first-order valence-corrected chi connectivity index (χ1v) is 7.13. The molecule has 0 aliphatic carbocycles. The van der Waals surface area contributed by atoms with Crippen LogP contribution in [-0.4, -0.2) is 50.2 Å². The molecule has 1 atom stereocenters. The highest BCUT2D eigenvalue weighted by molar-refractivity contribution is 5.76. The van der Waals surface area contributed by atoms with E-state index in [9.17, 15) is 4.79 Å². The minimum Gasteiger partial charge on any atom is -0.384 e. The Hall–Kier alpha value is -0.610. The molecule has 1 saturated heterocycles. The smallest absolute Gasteiger partial charge is 0.222 e. The van der Waals surface area contributed by atoms with Crippen LogP contribution in [0.4, 0.5) is 0 Å². The number of likely N-dealkylation sites (tertiary alicyclic amines) is 1. The largest absolute Gasteiger partial charge is 0.384 e. The standard InChI is InChI=1S/C14H28N2O2/c1-12(2)15-8-4-7-14(17)16-9-5-6-13(10-16)11-18-3/h12-13,15H,4-11H2,1-3H3. The summed E-state index contributed by atoms with van der Waals surface area (Å²) < 4.78 is 5.19. The third-order valence-corrected chi connectivity index (χ3v) is 3.39. The van der Waals surface area contributed by atoms with E-state index in [-0.39, 0.29) is 0 Å². The topological polar surface area (TPSA) is 41.6 Å². The molecule has 1 rings (SSSR count). The van der Waals surface area contributed by atoms with E-state index >= 15 is 0 Å². The summed E-state index contributed by atoms with van der Waals surface area (Å²) in [4.78, 5) is 14.1. The highest BCUT2D eigenvalue weighted by Crippen LogP contribution is 2.17. The molecule has 0 bridgehead atoms. The number of ether oxygens (including phenoxy) is 1. The zero-order chi connectivity index (χ0) is 13.4. The van der Waals surface area contributed by atoms with Gasteiger partial charge in [-0.25, -0.2) is 0 Å². The van der Waals surface area contributed by atoms with Crippen molar-refractivity contribution in [1.82, 2.24) is 10.2 Å². The molecule has 0 aromatic heterocycles. The Kier molecular flexibility index (Phi) is 7.28. The van der Waals surface area contributed by atoms with Crippen molar-refractivity contribution in [2.24, 2.45) is 5.92 Å². The Morgan fingerprint density at radius 1 is 1.50 bits per heavy atom. The molecule has 1 amide bonds. The molecule has 1 N–H and O–H groups in total. The number of nitrogens with one attached hydrogen (secondary N) is 1. The second-order valence-electron chi connectivity index (χ2n) is 5.52. The third kappa shape index (κ3) is 5.83. The van der Waals surface area contributed by atoms with Crippen molar-refractivity contribution in [3.05, 3.63) is 0 Å². The molecule has 1 heterocycles. The van der Waals surface area contributed by atoms with Crippen LogP contribution in [0.2, 0.25) is 0 Å². The number of hydrogen-bond acceptors (Lipinski definition) is 3. The summed E-state index contributed by atoms with van der Waals surface area (Å²) >= 11 is 0. The van der Waals surface area contributed by atoms with Gasteiger partial charge in [0.05, 0.1) is 6.61 Å². The summed E-state index contributed by atoms with van der Waals surface area (Å²) in [6, 6.07) is 0.501. The normalized spacial score (nSPS) is 20.4. The lowest BCUT2D eigenvalue weighted by Gasteiger charge is -2.32. The maximum atomic E-state index is 12.0. The molecule has 1 fully saturated rings. The Bertz CT molecular complexity index is 242. The SMILES string of the molecule is COCC1CCCN(C(=O)CCCNC(C)C)C1. The molecule has 0 aromatic rings. The van der Waals surface area contributed by atoms with Crippen molar-refractivity contribution in [3.8, 4) is 0 Å². The van der Waals surface area contributed by atoms with Gasteiger partial charge in [0.15, 0.2) is 0 Å². The molecule has 0 aromatic carbocycles. The summed E-state index contributed by atoms with van der Waals surface area (Å²) in [5.74, 6) is 0.836. The van der Waals surface area contributed by atoms with E-state index in [2.05, 4.69) is 19.2 Å². The van der Waals surface area contributed by atoms with Crippen LogP contribution in [0.25, 0.3) is 0 Å². The number of hydrogen-bond donors (Lipinski definition) is 1. The number of nitrogens with zero attached hydrogens (tertiary/aromatic N) is 1. The van der Waals surface area contributed by atoms with Crippen LogP contribution in [0, 0.1) is 5.92 Å². The molecule has 1 aliphatic rings. The van der Waals surface area contributed by atoms with Crippen LogP contribution in [0.5, 0.6) is 0 Å². The van der Waals surface area contributed by atoms with Crippen molar-refractivity contribution in [1.29, 1.82) is 0 Å². The van der Waals surface area contributed by atoms with Crippen molar-refractivity contribution < 1.29 is 9.53 Å². The molecule has 1 unspecified atom stereocenters. The van der Waals surface area contributed by atoms with Gasteiger partial charge in [0.25, 0.3) is 0 Å². The molecule has 4 heteroatoms. The summed E-state index contributed by atoms with van der Waals surface area (Å²) in [5, 5.41) is 3.34. The second-order valence-corrected chi connectivity index (χ2v) is 5.52. The molecule has 0 radical (unpaired) electrons. The number of rotatable bonds is 7. The van der Waals surface area contributed by atoms with Gasteiger partial charge in [-0.1, -0.05) is 13.8 Å². The average Bonchev–Trinajstić information content (AvgIpc) is 2.35. The van der Waals surface area contributed by atoms with Gasteiger partial charge in [0.2, 0.25) is 5.91 Å². The predicted molar refractivity (Wildman–Crippen MR) is 73.6 cm³/mol. The first-order valence-electron chi connectivity index (χ1n) is 7.13. The minimum atomic E-state index is 0.307. The van der Waals surface area contributed by atoms with Crippen LogP contribution in [-0.2, 0) is 9.53 Å². The fraction of sp³-hybridized carbons (Fsp3) is 0.929. The Balaban J connectivity index is 2.20. The maximum absolute atomic E-state index is 12.0. The van der Waals surface area contributed by atoms with Gasteiger partial charge in [0, 0.05) is 32.7 Å². The van der Waals surface area contributed by atoms with Crippen LogP contribution >= 0.6 is 0 Å². The van der Waals surface area contributed by atoms with E-state index in [4.69, 9.17) is 4.74 Å². The zero-order valence-corrected chi connectivity index (χ0v) is 12.1. The molecule has 4 nitrogen and oxygen atoms in total. The molecule has 106 valence electrons. The van der Waals surface area contributed by atoms with Gasteiger partial charge >= 0.3 is 0 Å². The van der Waals surface area contributed by atoms with Crippen molar-refractivity contribution in [2.75, 3.05) is 33.4 Å². The Morgan fingerprint density at radius 2 is 2.28 bits per heavy atom. The lowest BCUT2D eigenvalue weighted by atomic mass is 9.98. The predicted octanol–water partition coefficient (Wildman–Crippen LogP) is 1.65. The van der Waals surface area contributed by atoms with Crippen LogP contribution in [0.1, 0.15) is 39.5 Å². The van der Waals surface area contributed by atoms with Crippen molar-refractivity contribution >= 4 is 5.91 Å². The summed E-state index contributed by atoms with van der Waals surface area (Å²) in [6.45, 7) is 7.77. The second kappa shape index (κ2) is 8.48.